The van der Waals surface area contributed by atoms with Gasteiger partial charge in [-0.15, -0.1) is 0 Å². The number of hydrogen-bond acceptors (Lipinski definition) is 5. The van der Waals surface area contributed by atoms with E-state index in [1.54, 1.807) is 12.2 Å². The molecule has 0 fully saturated rings. The molecule has 0 radical (unpaired) electrons. The fraction of sp³-hybridized carbons (Fsp3) is 0.429. The molecule has 0 aliphatic carbocycles. The topological polar surface area (TPSA) is 53.2 Å². The Kier molecular flexibility index (Phi) is 3.64. The molecule has 3 heterocycles. The Morgan fingerprint density at radius 1 is 1.48 bits per heavy atom. The quantitative estimate of drug-likeness (QED) is 0.854. The van der Waals surface area contributed by atoms with Crippen molar-refractivity contribution in [2.24, 2.45) is 4.99 Å². The van der Waals surface area contributed by atoms with Crippen molar-refractivity contribution >= 4 is 28.5 Å². The molecule has 2 aliphatic rings. The number of fused-ring (bicyclic) bond motifs is 3. The van der Waals surface area contributed by atoms with Crippen LogP contribution in [0.5, 0.6) is 0 Å². The van der Waals surface area contributed by atoms with Gasteiger partial charge in [-0.05, 0) is 19.4 Å². The first-order chi connectivity index (χ1) is 10.1. The summed E-state index contributed by atoms with van der Waals surface area (Å²) in [6.45, 7) is 5.60. The lowest BCUT2D eigenvalue weighted by atomic mass is 10.2. The second-order valence-electron chi connectivity index (χ2n) is 5.06. The molecule has 0 spiro atoms. The summed E-state index contributed by atoms with van der Waals surface area (Å²) in [7, 11) is 0.825. The molecule has 114 valence electrons. The van der Waals surface area contributed by atoms with E-state index in [0.29, 0.717) is 6.67 Å². The van der Waals surface area contributed by atoms with Gasteiger partial charge in [0, 0.05) is 19.0 Å². The van der Waals surface area contributed by atoms with Crippen molar-refractivity contribution in [3.63, 3.8) is 0 Å². The first-order valence-corrected chi connectivity index (χ1v) is 8.42. The van der Waals surface area contributed by atoms with Crippen molar-refractivity contribution in [2.75, 3.05) is 24.9 Å². The fourth-order valence-electron chi connectivity index (χ4n) is 2.80. The van der Waals surface area contributed by atoms with E-state index in [1.165, 1.54) is 0 Å². The summed E-state index contributed by atoms with van der Waals surface area (Å²) in [5, 5.41) is 1.76. The minimum Gasteiger partial charge on any atom is -0.337 e. The Bertz CT molecular complexity index is 716. The van der Waals surface area contributed by atoms with Gasteiger partial charge in [0.05, 0.1) is 29.7 Å². The van der Waals surface area contributed by atoms with Crippen LogP contribution in [0.3, 0.4) is 0 Å². The lowest BCUT2D eigenvalue weighted by Gasteiger charge is -2.29. The zero-order valence-electron chi connectivity index (χ0n) is 12.7. The van der Waals surface area contributed by atoms with Gasteiger partial charge >= 0.3 is 0 Å². The lowest BCUT2D eigenvalue weighted by Crippen LogP contribution is -2.30. The van der Waals surface area contributed by atoms with E-state index < -0.39 is 10.8 Å². The maximum atomic E-state index is 10.1. The fourth-order valence-corrected chi connectivity index (χ4v) is 3.75. The number of aryl methyl sites for hydroxylation is 2. The largest absolute Gasteiger partial charge is 0.337 e. The first kappa shape index (κ1) is 14.4. The highest BCUT2D eigenvalue weighted by atomic mass is 32.2. The van der Waals surface area contributed by atoms with Crippen LogP contribution in [0, 0.1) is 11.4 Å². The molecule has 21 heavy (non-hydrogen) atoms. The van der Waals surface area contributed by atoms with Crippen molar-refractivity contribution < 1.29 is 9.39 Å². The second kappa shape index (κ2) is 5.32. The number of anilines is 1. The van der Waals surface area contributed by atoms with Gasteiger partial charge in [-0.2, -0.15) is 0 Å². The van der Waals surface area contributed by atoms with Crippen molar-refractivity contribution in [3.8, 4) is 0 Å². The number of rotatable bonds is 2. The highest BCUT2D eigenvalue weighted by Gasteiger charge is 2.29. The third-order valence-electron chi connectivity index (χ3n) is 3.73. The third-order valence-corrected chi connectivity index (χ3v) is 4.83. The first-order valence-electron chi connectivity index (χ1n) is 6.83. The zero-order valence-corrected chi connectivity index (χ0v) is 13.5. The van der Waals surface area contributed by atoms with Crippen LogP contribution >= 0.6 is 10.8 Å². The van der Waals surface area contributed by atoms with E-state index >= 15 is 0 Å². The van der Waals surface area contributed by atoms with Gasteiger partial charge in [0.2, 0.25) is 0 Å². The number of aromatic nitrogens is 1. The number of allylic oxidation sites excluding steroid dienone is 1. The predicted molar refractivity (Wildman–Crippen MR) is 86.7 cm³/mol. The summed E-state index contributed by atoms with van der Waals surface area (Å²) < 4.78 is 13.2. The van der Waals surface area contributed by atoms with Gasteiger partial charge < -0.3 is 14.0 Å². The van der Waals surface area contributed by atoms with Gasteiger partial charge in [-0.1, -0.05) is 10.8 Å². The van der Waals surface area contributed by atoms with E-state index in [-0.39, 0.29) is 0 Å². The summed E-state index contributed by atoms with van der Waals surface area (Å²) in [6, 6.07) is 0. The molecule has 1 aromatic rings. The summed E-state index contributed by atoms with van der Waals surface area (Å²) in [6.07, 6.45) is 7.65. The van der Waals surface area contributed by atoms with Crippen molar-refractivity contribution in [2.45, 2.75) is 20.4 Å². The molecule has 7 heteroatoms. The Labute approximate surface area is 126 Å². The number of hydrogen-bond donors (Lipinski definition) is 1. The Balaban J connectivity index is 2.29. The van der Waals surface area contributed by atoms with E-state index in [2.05, 4.69) is 27.6 Å². The monoisotopic (exact) mass is 308 g/mol. The molecule has 1 N–H and O–H groups in total. The highest BCUT2D eigenvalue weighted by Crippen LogP contribution is 2.40. The van der Waals surface area contributed by atoms with Crippen LogP contribution in [0.4, 0.5) is 11.5 Å². The Morgan fingerprint density at radius 3 is 2.86 bits per heavy atom. The lowest BCUT2D eigenvalue weighted by molar-refractivity contribution is -0.0791. The van der Waals surface area contributed by atoms with Gasteiger partial charge in [0.25, 0.3) is 0 Å². The summed E-state index contributed by atoms with van der Waals surface area (Å²) in [5.41, 5.74) is 2.92. The van der Waals surface area contributed by atoms with E-state index in [1.807, 2.05) is 25.6 Å². The second-order valence-corrected chi connectivity index (χ2v) is 6.42. The van der Waals surface area contributed by atoms with Gasteiger partial charge in [0.1, 0.15) is 18.2 Å². The molecule has 0 saturated heterocycles. The van der Waals surface area contributed by atoms with Gasteiger partial charge in [0.15, 0.2) is 0 Å². The van der Waals surface area contributed by atoms with Gasteiger partial charge in [-0.3, -0.25) is 4.84 Å². The van der Waals surface area contributed by atoms with Crippen molar-refractivity contribution in [1.29, 1.82) is 0 Å². The summed E-state index contributed by atoms with van der Waals surface area (Å²) in [5.74, 6) is 1.01. The average Bonchev–Trinajstić information content (AvgIpc) is 2.88. The van der Waals surface area contributed by atoms with Crippen LogP contribution in [0.15, 0.2) is 23.1 Å². The molecule has 0 saturated carbocycles. The molecule has 1 aromatic heterocycles. The maximum absolute atomic E-state index is 10.1. The molecule has 2 aliphatic heterocycles. The van der Waals surface area contributed by atoms with Crippen molar-refractivity contribution in [1.82, 2.24) is 9.63 Å². The molecule has 0 amide bonds. The molecular weight excluding hydrogens is 288 g/mol. The number of aliphatic imine (C=N–C) groups is 1. The van der Waals surface area contributed by atoms with Crippen molar-refractivity contribution in [3.05, 3.63) is 28.2 Å². The molecule has 1 unspecified atom stereocenters. The van der Waals surface area contributed by atoms with E-state index in [9.17, 15) is 4.55 Å². The molecule has 0 aromatic carbocycles. The number of pyridine rings is 1. The van der Waals surface area contributed by atoms with E-state index in [0.717, 1.165) is 33.8 Å². The average molecular weight is 308 g/mol. The maximum Gasteiger partial charge on any atom is 0.142 e. The van der Waals surface area contributed by atoms with Gasteiger partial charge in [-0.25, -0.2) is 10.1 Å². The Hall–Kier alpha value is -1.57. The highest BCUT2D eigenvalue weighted by molar-refractivity contribution is 8.03. The van der Waals surface area contributed by atoms with Crippen LogP contribution in [0.1, 0.15) is 12.5 Å². The smallest absolute Gasteiger partial charge is 0.142 e. The van der Waals surface area contributed by atoms with Crippen LogP contribution in [-0.2, 0) is 11.4 Å². The minimum atomic E-state index is -0.827. The number of nitrogens with zero attached hydrogens (tertiary/aromatic N) is 4. The summed E-state index contributed by atoms with van der Waals surface area (Å²) >= 11 is 0. The normalized spacial score (nSPS) is 18.5. The predicted octanol–water partition coefficient (Wildman–Crippen LogP) is 2.92. The minimum absolute atomic E-state index is 0.621. The standard InChI is InChI=1S/C14H20N4O2S/c1-5-16-7-10(2)13(21(4)19)12-14(16)18-9-17(20-3)8-11(18)6-15-12/h6-8,19H,5,9H2,1-4H3. The third kappa shape index (κ3) is 2.21. The molecule has 3 rings (SSSR count). The Morgan fingerprint density at radius 2 is 2.24 bits per heavy atom. The molecule has 1 atom stereocenters. The van der Waals surface area contributed by atoms with Crippen LogP contribution in [-0.4, -0.2) is 40.4 Å². The van der Waals surface area contributed by atoms with Crippen LogP contribution < -0.4 is 4.90 Å². The molecular formula is C14H20N4O2S. The van der Waals surface area contributed by atoms with E-state index in [4.69, 9.17) is 4.84 Å². The SMILES string of the molecule is CCn1cc(C)c(=S(C)O)c2c1N1CN(OC)C=C1C=N2. The van der Waals surface area contributed by atoms with Crippen LogP contribution in [0.2, 0.25) is 0 Å². The summed E-state index contributed by atoms with van der Waals surface area (Å²) in [4.78, 5) is 12.1. The van der Waals surface area contributed by atoms with Crippen LogP contribution in [0.25, 0.3) is 0 Å². The molecule has 6 nitrogen and oxygen atoms in total. The number of hydroxylamine groups is 2. The zero-order chi connectivity index (χ0) is 15.1. The molecule has 0 bridgehead atoms.